The molecule has 1 atom stereocenters. The number of nitrogens with two attached hydrogens (primary N) is 1. The zero-order chi connectivity index (χ0) is 9.61. The van der Waals surface area contributed by atoms with Crippen LogP contribution in [0.4, 0.5) is 0 Å². The maximum atomic E-state index is 8.66. The lowest BCUT2D eigenvalue weighted by Crippen LogP contribution is -2.50. The van der Waals surface area contributed by atoms with Gasteiger partial charge in [-0.1, -0.05) is 13.8 Å². The van der Waals surface area contributed by atoms with Crippen LogP contribution in [-0.2, 0) is 0 Å². The Kier molecular flexibility index (Phi) is 5.46. The summed E-state index contributed by atoms with van der Waals surface area (Å²) in [5, 5.41) is 11.9. The van der Waals surface area contributed by atoms with Crippen molar-refractivity contribution in [3.63, 3.8) is 0 Å². The molecule has 3 nitrogen and oxygen atoms in total. The van der Waals surface area contributed by atoms with Gasteiger partial charge in [-0.15, -0.1) is 0 Å². The number of β-amino-alcohol motifs (C(OH)–C–C–N with tert-alkyl or cyclic N) is 1. The SMILES string of the molecule is CC(C)CC(C)(CN)NCCO. The van der Waals surface area contributed by atoms with Crippen LogP contribution in [0.5, 0.6) is 0 Å². The highest BCUT2D eigenvalue weighted by atomic mass is 16.3. The van der Waals surface area contributed by atoms with Gasteiger partial charge in [0.05, 0.1) is 6.61 Å². The Labute approximate surface area is 75.3 Å². The molecule has 0 radical (unpaired) electrons. The van der Waals surface area contributed by atoms with Gasteiger partial charge in [-0.3, -0.25) is 0 Å². The van der Waals surface area contributed by atoms with Crippen LogP contribution in [0.2, 0.25) is 0 Å². The van der Waals surface area contributed by atoms with Gasteiger partial charge in [0, 0.05) is 18.6 Å². The number of hydrogen-bond acceptors (Lipinski definition) is 3. The molecule has 0 aromatic carbocycles. The number of nitrogens with one attached hydrogen (secondary N) is 1. The Balaban J connectivity index is 3.86. The van der Waals surface area contributed by atoms with E-state index in [1.54, 1.807) is 0 Å². The molecule has 4 N–H and O–H groups in total. The van der Waals surface area contributed by atoms with Gasteiger partial charge in [-0.25, -0.2) is 0 Å². The lowest BCUT2D eigenvalue weighted by Gasteiger charge is -2.31. The van der Waals surface area contributed by atoms with Crippen LogP contribution in [0.1, 0.15) is 27.2 Å². The summed E-state index contributed by atoms with van der Waals surface area (Å²) in [6.07, 6.45) is 1.05. The van der Waals surface area contributed by atoms with Crippen molar-refractivity contribution < 1.29 is 5.11 Å². The van der Waals surface area contributed by atoms with Gasteiger partial charge in [0.2, 0.25) is 0 Å². The van der Waals surface area contributed by atoms with Crippen LogP contribution in [0.15, 0.2) is 0 Å². The van der Waals surface area contributed by atoms with Crippen LogP contribution < -0.4 is 11.1 Å². The van der Waals surface area contributed by atoms with Crippen molar-refractivity contribution in [2.45, 2.75) is 32.7 Å². The summed E-state index contributed by atoms with van der Waals surface area (Å²) >= 11 is 0. The molecule has 0 saturated heterocycles. The number of hydrogen-bond donors (Lipinski definition) is 3. The van der Waals surface area contributed by atoms with E-state index in [2.05, 4.69) is 26.1 Å². The molecule has 0 spiro atoms. The minimum Gasteiger partial charge on any atom is -0.395 e. The molecular weight excluding hydrogens is 152 g/mol. The molecule has 0 saturated carbocycles. The first-order valence-corrected chi connectivity index (χ1v) is 4.60. The molecule has 74 valence electrons. The standard InChI is InChI=1S/C9H22N2O/c1-8(2)6-9(3,7-10)11-4-5-12/h8,11-12H,4-7,10H2,1-3H3. The summed E-state index contributed by atoms with van der Waals surface area (Å²) in [5.74, 6) is 0.629. The number of rotatable bonds is 6. The molecule has 0 aliphatic rings. The van der Waals surface area contributed by atoms with Crippen LogP contribution in [0.25, 0.3) is 0 Å². The molecule has 0 rings (SSSR count). The molecule has 0 fully saturated rings. The summed E-state index contributed by atoms with van der Waals surface area (Å²) in [7, 11) is 0. The normalized spacial score (nSPS) is 16.5. The molecule has 0 aliphatic carbocycles. The van der Waals surface area contributed by atoms with E-state index in [0.717, 1.165) is 6.42 Å². The maximum Gasteiger partial charge on any atom is 0.0556 e. The number of aliphatic hydroxyl groups is 1. The van der Waals surface area contributed by atoms with Gasteiger partial charge in [0.25, 0.3) is 0 Å². The summed E-state index contributed by atoms with van der Waals surface area (Å²) < 4.78 is 0. The van der Waals surface area contributed by atoms with Gasteiger partial charge in [0.15, 0.2) is 0 Å². The average Bonchev–Trinajstić information content (AvgIpc) is 2.00. The third-order valence-corrected chi connectivity index (χ3v) is 1.97. The minimum absolute atomic E-state index is 0.0170. The Morgan fingerprint density at radius 3 is 2.42 bits per heavy atom. The van der Waals surface area contributed by atoms with Gasteiger partial charge in [-0.05, 0) is 19.3 Å². The molecule has 1 unspecified atom stereocenters. The first kappa shape index (κ1) is 11.9. The van der Waals surface area contributed by atoms with E-state index in [1.807, 2.05) is 0 Å². The Morgan fingerprint density at radius 1 is 1.50 bits per heavy atom. The molecule has 0 heterocycles. The second-order valence-electron chi connectivity index (χ2n) is 4.01. The van der Waals surface area contributed by atoms with Gasteiger partial charge in [0.1, 0.15) is 0 Å². The van der Waals surface area contributed by atoms with Crippen molar-refractivity contribution in [3.05, 3.63) is 0 Å². The Morgan fingerprint density at radius 2 is 2.08 bits per heavy atom. The zero-order valence-electron chi connectivity index (χ0n) is 8.43. The van der Waals surface area contributed by atoms with Crippen LogP contribution in [-0.4, -0.2) is 30.3 Å². The minimum atomic E-state index is -0.0170. The Bertz CT molecular complexity index is 117. The van der Waals surface area contributed by atoms with Crippen LogP contribution >= 0.6 is 0 Å². The van der Waals surface area contributed by atoms with Crippen LogP contribution in [0.3, 0.4) is 0 Å². The molecule has 3 heteroatoms. The third-order valence-electron chi connectivity index (χ3n) is 1.97. The molecule has 0 bridgehead atoms. The van der Waals surface area contributed by atoms with Crippen molar-refractivity contribution in [1.82, 2.24) is 5.32 Å². The van der Waals surface area contributed by atoms with Gasteiger partial charge >= 0.3 is 0 Å². The van der Waals surface area contributed by atoms with Crippen molar-refractivity contribution >= 4 is 0 Å². The van der Waals surface area contributed by atoms with E-state index in [1.165, 1.54) is 0 Å². The van der Waals surface area contributed by atoms with Gasteiger partial charge < -0.3 is 16.2 Å². The third kappa shape index (κ3) is 4.70. The topological polar surface area (TPSA) is 58.3 Å². The predicted molar refractivity (Wildman–Crippen MR) is 52.0 cm³/mol. The summed E-state index contributed by atoms with van der Waals surface area (Å²) in [6.45, 7) is 7.87. The summed E-state index contributed by atoms with van der Waals surface area (Å²) in [5.41, 5.74) is 5.63. The van der Waals surface area contributed by atoms with E-state index >= 15 is 0 Å². The zero-order valence-corrected chi connectivity index (χ0v) is 8.43. The number of aliphatic hydroxyl groups excluding tert-OH is 1. The smallest absolute Gasteiger partial charge is 0.0556 e. The highest BCUT2D eigenvalue weighted by molar-refractivity contribution is 4.84. The quantitative estimate of drug-likeness (QED) is 0.544. The monoisotopic (exact) mass is 174 g/mol. The molecule has 0 aliphatic heterocycles. The second kappa shape index (κ2) is 5.51. The maximum absolute atomic E-state index is 8.66. The fourth-order valence-electron chi connectivity index (χ4n) is 1.49. The van der Waals surface area contributed by atoms with E-state index in [-0.39, 0.29) is 12.1 Å². The molecule has 0 amide bonds. The fraction of sp³-hybridized carbons (Fsp3) is 1.00. The summed E-state index contributed by atoms with van der Waals surface area (Å²) in [4.78, 5) is 0. The van der Waals surface area contributed by atoms with Gasteiger partial charge in [-0.2, -0.15) is 0 Å². The molecular formula is C9H22N2O. The average molecular weight is 174 g/mol. The van der Waals surface area contributed by atoms with Crippen molar-refractivity contribution in [2.75, 3.05) is 19.7 Å². The largest absolute Gasteiger partial charge is 0.395 e. The molecule has 0 aromatic rings. The van der Waals surface area contributed by atoms with E-state index in [4.69, 9.17) is 10.8 Å². The van der Waals surface area contributed by atoms with Crippen molar-refractivity contribution in [1.29, 1.82) is 0 Å². The highest BCUT2D eigenvalue weighted by Crippen LogP contribution is 2.14. The second-order valence-corrected chi connectivity index (χ2v) is 4.01. The van der Waals surface area contributed by atoms with E-state index < -0.39 is 0 Å². The fourth-order valence-corrected chi connectivity index (χ4v) is 1.49. The lowest BCUT2D eigenvalue weighted by molar-refractivity contribution is 0.242. The van der Waals surface area contributed by atoms with Crippen LogP contribution in [0, 0.1) is 5.92 Å². The summed E-state index contributed by atoms with van der Waals surface area (Å²) in [6, 6.07) is 0. The highest BCUT2D eigenvalue weighted by Gasteiger charge is 2.22. The van der Waals surface area contributed by atoms with Crippen molar-refractivity contribution in [2.24, 2.45) is 11.7 Å². The molecule has 0 aromatic heterocycles. The first-order chi connectivity index (χ1) is 5.54. The van der Waals surface area contributed by atoms with Crippen molar-refractivity contribution in [3.8, 4) is 0 Å². The van der Waals surface area contributed by atoms with E-state index in [9.17, 15) is 0 Å². The molecule has 12 heavy (non-hydrogen) atoms. The predicted octanol–water partition coefficient (Wildman–Crippen LogP) is 0.332. The van der Waals surface area contributed by atoms with E-state index in [0.29, 0.717) is 19.0 Å². The Hall–Kier alpha value is -0.120. The first-order valence-electron chi connectivity index (χ1n) is 4.60. The lowest BCUT2D eigenvalue weighted by atomic mass is 9.91.